The van der Waals surface area contributed by atoms with Crippen molar-refractivity contribution >= 4 is 6.03 Å². The van der Waals surface area contributed by atoms with E-state index >= 15 is 0 Å². The minimum absolute atomic E-state index is 0.104. The topological polar surface area (TPSA) is 50.8 Å². The predicted octanol–water partition coefficient (Wildman–Crippen LogP) is 1.38. The Bertz CT molecular complexity index is 450. The van der Waals surface area contributed by atoms with E-state index in [4.69, 9.17) is 9.47 Å². The molecule has 2 amide bonds. The molecule has 0 bridgehead atoms. The minimum atomic E-state index is -0.320. The van der Waals surface area contributed by atoms with Crippen LogP contribution in [0.2, 0.25) is 0 Å². The molecule has 1 aromatic carbocycles. The van der Waals surface area contributed by atoms with Gasteiger partial charge in [0.2, 0.25) is 0 Å². The summed E-state index contributed by atoms with van der Waals surface area (Å²) in [5, 5.41) is 2.68. The third-order valence-electron chi connectivity index (χ3n) is 3.10. The molecule has 2 rings (SSSR count). The second-order valence-corrected chi connectivity index (χ2v) is 4.70. The number of carbonyl (C=O) groups excluding carboxylic acids is 1. The van der Waals surface area contributed by atoms with Crippen LogP contribution in [-0.2, 0) is 16.0 Å². The van der Waals surface area contributed by atoms with E-state index < -0.39 is 0 Å². The molecule has 1 aliphatic heterocycles. The predicted molar refractivity (Wildman–Crippen MR) is 71.8 cm³/mol. The number of carbonyl (C=O) groups is 1. The van der Waals surface area contributed by atoms with Crippen LogP contribution in [0.3, 0.4) is 0 Å². The number of ether oxygens (including phenoxy) is 2. The number of likely N-dealkylation sites (N-methyl/N-ethyl adjacent to an activating group) is 1. The molecule has 1 aromatic rings. The number of urea groups is 1. The Morgan fingerprint density at radius 3 is 2.95 bits per heavy atom. The van der Waals surface area contributed by atoms with E-state index in [2.05, 4.69) is 5.32 Å². The monoisotopic (exact) mass is 282 g/mol. The number of hydrogen-bond donors (Lipinski definition) is 1. The summed E-state index contributed by atoms with van der Waals surface area (Å²) in [6.07, 6.45) is -0.104. The summed E-state index contributed by atoms with van der Waals surface area (Å²) in [6, 6.07) is 6.11. The molecular formula is C14H19FN2O3. The Morgan fingerprint density at radius 2 is 2.25 bits per heavy atom. The standard InChI is InChI=1S/C14H19FN2O3/c1-17(9-12-10-19-6-7-20-12)14(18)16-8-11-4-2-3-5-13(11)15/h2-5,12H,6-10H2,1H3,(H,16,18). The van der Waals surface area contributed by atoms with Gasteiger partial charge in [-0.25, -0.2) is 9.18 Å². The van der Waals surface area contributed by atoms with E-state index in [0.717, 1.165) is 0 Å². The van der Waals surface area contributed by atoms with Crippen LogP contribution in [0, 0.1) is 5.82 Å². The molecule has 0 aromatic heterocycles. The van der Waals surface area contributed by atoms with Gasteiger partial charge in [0.1, 0.15) is 5.82 Å². The lowest BCUT2D eigenvalue weighted by Gasteiger charge is -2.27. The van der Waals surface area contributed by atoms with Gasteiger partial charge < -0.3 is 19.7 Å². The second kappa shape index (κ2) is 7.21. The van der Waals surface area contributed by atoms with Gasteiger partial charge in [0, 0.05) is 19.2 Å². The Kier molecular flexibility index (Phi) is 5.31. The largest absolute Gasteiger partial charge is 0.376 e. The smallest absolute Gasteiger partial charge is 0.317 e. The highest BCUT2D eigenvalue weighted by Crippen LogP contribution is 2.06. The van der Waals surface area contributed by atoms with Crippen molar-refractivity contribution in [1.82, 2.24) is 10.2 Å². The zero-order valence-corrected chi connectivity index (χ0v) is 11.5. The van der Waals surface area contributed by atoms with Gasteiger partial charge in [0.15, 0.2) is 0 Å². The Labute approximate surface area is 117 Å². The van der Waals surface area contributed by atoms with Crippen LogP contribution in [0.5, 0.6) is 0 Å². The van der Waals surface area contributed by atoms with Crippen LogP contribution in [-0.4, -0.2) is 50.4 Å². The maximum absolute atomic E-state index is 13.4. The van der Waals surface area contributed by atoms with Crippen LogP contribution in [0.25, 0.3) is 0 Å². The van der Waals surface area contributed by atoms with Crippen molar-refractivity contribution in [3.05, 3.63) is 35.6 Å². The molecule has 0 radical (unpaired) electrons. The van der Waals surface area contributed by atoms with E-state index in [-0.39, 0.29) is 24.5 Å². The van der Waals surface area contributed by atoms with Crippen molar-refractivity contribution < 1.29 is 18.7 Å². The molecule has 1 atom stereocenters. The maximum atomic E-state index is 13.4. The van der Waals surface area contributed by atoms with E-state index in [1.807, 2.05) is 0 Å². The highest BCUT2D eigenvalue weighted by molar-refractivity contribution is 5.73. The molecule has 1 heterocycles. The van der Waals surface area contributed by atoms with E-state index in [1.54, 1.807) is 25.2 Å². The second-order valence-electron chi connectivity index (χ2n) is 4.70. The fraction of sp³-hybridized carbons (Fsp3) is 0.500. The molecule has 0 saturated carbocycles. The van der Waals surface area contributed by atoms with E-state index in [1.165, 1.54) is 11.0 Å². The van der Waals surface area contributed by atoms with Gasteiger partial charge in [-0.1, -0.05) is 18.2 Å². The summed E-state index contributed by atoms with van der Waals surface area (Å²) < 4.78 is 24.2. The van der Waals surface area contributed by atoms with Crippen LogP contribution >= 0.6 is 0 Å². The Morgan fingerprint density at radius 1 is 1.45 bits per heavy atom. The fourth-order valence-electron chi connectivity index (χ4n) is 1.98. The van der Waals surface area contributed by atoms with Crippen molar-refractivity contribution in [2.24, 2.45) is 0 Å². The quantitative estimate of drug-likeness (QED) is 0.907. The molecule has 0 spiro atoms. The zero-order chi connectivity index (χ0) is 14.4. The first-order valence-electron chi connectivity index (χ1n) is 6.58. The van der Waals surface area contributed by atoms with Crippen molar-refractivity contribution in [2.75, 3.05) is 33.4 Å². The zero-order valence-electron chi connectivity index (χ0n) is 11.5. The Hall–Kier alpha value is -1.66. The normalized spacial score (nSPS) is 18.6. The van der Waals surface area contributed by atoms with Crippen molar-refractivity contribution in [1.29, 1.82) is 0 Å². The first-order valence-corrected chi connectivity index (χ1v) is 6.58. The first kappa shape index (κ1) is 14.7. The third kappa shape index (κ3) is 4.18. The molecule has 5 nitrogen and oxygen atoms in total. The maximum Gasteiger partial charge on any atom is 0.317 e. The molecular weight excluding hydrogens is 263 g/mol. The Balaban J connectivity index is 1.77. The lowest BCUT2D eigenvalue weighted by atomic mass is 10.2. The van der Waals surface area contributed by atoms with Gasteiger partial charge >= 0.3 is 6.03 Å². The van der Waals surface area contributed by atoms with Crippen molar-refractivity contribution in [3.63, 3.8) is 0 Å². The molecule has 1 aliphatic rings. The van der Waals surface area contributed by atoms with E-state index in [0.29, 0.717) is 31.9 Å². The molecule has 1 fully saturated rings. The van der Waals surface area contributed by atoms with Gasteiger partial charge in [0.05, 0.1) is 32.5 Å². The molecule has 1 N–H and O–H groups in total. The van der Waals surface area contributed by atoms with Crippen LogP contribution < -0.4 is 5.32 Å². The average molecular weight is 282 g/mol. The highest BCUT2D eigenvalue weighted by atomic mass is 19.1. The molecule has 0 aliphatic carbocycles. The number of rotatable bonds is 4. The first-order chi connectivity index (χ1) is 9.66. The number of benzene rings is 1. The number of nitrogens with one attached hydrogen (secondary N) is 1. The number of hydrogen-bond acceptors (Lipinski definition) is 3. The summed E-state index contributed by atoms with van der Waals surface area (Å²) in [5.74, 6) is -0.320. The van der Waals surface area contributed by atoms with Gasteiger partial charge in [0.25, 0.3) is 0 Å². The lowest BCUT2D eigenvalue weighted by Crippen LogP contribution is -2.44. The summed E-state index contributed by atoms with van der Waals surface area (Å²) >= 11 is 0. The average Bonchev–Trinajstić information content (AvgIpc) is 2.47. The number of halogens is 1. The van der Waals surface area contributed by atoms with Gasteiger partial charge in [-0.15, -0.1) is 0 Å². The van der Waals surface area contributed by atoms with Gasteiger partial charge in [-0.05, 0) is 6.07 Å². The molecule has 110 valence electrons. The summed E-state index contributed by atoms with van der Waals surface area (Å²) in [7, 11) is 1.68. The van der Waals surface area contributed by atoms with Crippen LogP contribution in [0.1, 0.15) is 5.56 Å². The molecule has 6 heteroatoms. The summed E-state index contributed by atoms with van der Waals surface area (Å²) in [6.45, 7) is 2.25. The lowest BCUT2D eigenvalue weighted by molar-refractivity contribution is -0.0928. The van der Waals surface area contributed by atoms with Crippen molar-refractivity contribution in [2.45, 2.75) is 12.6 Å². The summed E-state index contributed by atoms with van der Waals surface area (Å²) in [5.41, 5.74) is 0.464. The minimum Gasteiger partial charge on any atom is -0.376 e. The number of nitrogens with zero attached hydrogens (tertiary/aromatic N) is 1. The van der Waals surface area contributed by atoms with E-state index in [9.17, 15) is 9.18 Å². The number of amides is 2. The van der Waals surface area contributed by atoms with Crippen LogP contribution in [0.4, 0.5) is 9.18 Å². The highest BCUT2D eigenvalue weighted by Gasteiger charge is 2.19. The van der Waals surface area contributed by atoms with Gasteiger partial charge in [-0.2, -0.15) is 0 Å². The SMILES string of the molecule is CN(CC1COCCO1)C(=O)NCc1ccccc1F. The summed E-state index contributed by atoms with van der Waals surface area (Å²) in [4.78, 5) is 13.4. The molecule has 1 unspecified atom stereocenters. The fourth-order valence-corrected chi connectivity index (χ4v) is 1.98. The van der Waals surface area contributed by atoms with Crippen molar-refractivity contribution in [3.8, 4) is 0 Å². The van der Waals surface area contributed by atoms with Gasteiger partial charge in [-0.3, -0.25) is 0 Å². The third-order valence-corrected chi connectivity index (χ3v) is 3.10. The molecule has 20 heavy (non-hydrogen) atoms. The molecule has 1 saturated heterocycles. The van der Waals surface area contributed by atoms with Crippen LogP contribution in [0.15, 0.2) is 24.3 Å².